The number of para-hydroxylation sites is 1. The van der Waals surface area contributed by atoms with Crippen LogP contribution in [0.2, 0.25) is 0 Å². The van der Waals surface area contributed by atoms with E-state index in [-0.39, 0.29) is 12.4 Å². The van der Waals surface area contributed by atoms with Crippen molar-refractivity contribution < 1.29 is 14.8 Å². The summed E-state index contributed by atoms with van der Waals surface area (Å²) in [4.78, 5) is 10.3. The number of nitrogens with zero attached hydrogens (tertiary/aromatic N) is 2. The lowest BCUT2D eigenvalue weighted by Gasteiger charge is -2.07. The van der Waals surface area contributed by atoms with Crippen LogP contribution in [-0.4, -0.2) is 22.9 Å². The van der Waals surface area contributed by atoms with Gasteiger partial charge in [-0.15, -0.1) is 0 Å². The number of rotatable bonds is 6. The number of phenolic OH excluding ortho intramolecular Hbond substituents is 1. The van der Waals surface area contributed by atoms with Gasteiger partial charge in [-0.1, -0.05) is 18.2 Å². The van der Waals surface area contributed by atoms with Crippen LogP contribution in [0, 0.1) is 10.1 Å². The zero-order chi connectivity index (χ0) is 15.9. The highest BCUT2D eigenvalue weighted by molar-refractivity contribution is 5.83. The summed E-state index contributed by atoms with van der Waals surface area (Å²) in [6.45, 7) is 2.01. The number of hydrazone groups is 1. The summed E-state index contributed by atoms with van der Waals surface area (Å²) in [6.07, 6.45) is 1.42. The summed E-state index contributed by atoms with van der Waals surface area (Å²) in [7, 11) is 0. The van der Waals surface area contributed by atoms with Gasteiger partial charge in [0.05, 0.1) is 23.4 Å². The largest absolute Gasteiger partial charge is 0.500 e. The highest BCUT2D eigenvalue weighted by Gasteiger charge is 2.19. The predicted octanol–water partition coefficient (Wildman–Crippen LogP) is 3.15. The highest BCUT2D eigenvalue weighted by atomic mass is 16.6. The average Bonchev–Trinajstić information content (AvgIpc) is 2.51. The van der Waals surface area contributed by atoms with Crippen LogP contribution in [0.3, 0.4) is 0 Å². The lowest BCUT2D eigenvalue weighted by Crippen LogP contribution is -1.98. The first-order valence-corrected chi connectivity index (χ1v) is 6.60. The predicted molar refractivity (Wildman–Crippen MR) is 83.6 cm³/mol. The minimum atomic E-state index is -0.667. The normalized spacial score (nSPS) is 10.6. The summed E-state index contributed by atoms with van der Waals surface area (Å²) < 4.78 is 5.20. The fourth-order valence-corrected chi connectivity index (χ4v) is 1.79. The molecule has 7 nitrogen and oxygen atoms in total. The van der Waals surface area contributed by atoms with E-state index in [0.29, 0.717) is 5.56 Å². The van der Waals surface area contributed by atoms with Gasteiger partial charge in [-0.25, -0.2) is 0 Å². The molecule has 2 rings (SSSR count). The number of anilines is 1. The smallest absolute Gasteiger partial charge is 0.315 e. The van der Waals surface area contributed by atoms with Crippen LogP contribution in [0.15, 0.2) is 47.6 Å². The molecule has 2 aromatic carbocycles. The van der Waals surface area contributed by atoms with Gasteiger partial charge in [-0.2, -0.15) is 5.10 Å². The number of nitro benzene ring substituents is 1. The van der Waals surface area contributed by atoms with E-state index in [1.165, 1.54) is 18.3 Å². The van der Waals surface area contributed by atoms with Crippen LogP contribution in [-0.2, 0) is 0 Å². The second-order valence-corrected chi connectivity index (χ2v) is 4.31. The molecule has 0 unspecified atom stereocenters. The number of phenols is 1. The molecule has 0 heterocycles. The van der Waals surface area contributed by atoms with Crippen molar-refractivity contribution in [1.29, 1.82) is 0 Å². The Labute approximate surface area is 127 Å². The zero-order valence-electron chi connectivity index (χ0n) is 11.9. The van der Waals surface area contributed by atoms with E-state index in [2.05, 4.69) is 10.5 Å². The second kappa shape index (κ2) is 7.07. The Kier molecular flexibility index (Phi) is 4.92. The molecule has 0 bridgehead atoms. The molecule has 114 valence electrons. The fourth-order valence-electron chi connectivity index (χ4n) is 1.79. The number of ether oxygens (including phenoxy) is 1. The minimum absolute atomic E-state index is 0.0536. The quantitative estimate of drug-likeness (QED) is 0.485. The van der Waals surface area contributed by atoms with Crippen molar-refractivity contribution in [2.45, 2.75) is 6.92 Å². The van der Waals surface area contributed by atoms with E-state index >= 15 is 0 Å². The lowest BCUT2D eigenvalue weighted by atomic mass is 10.2. The Morgan fingerprint density at radius 2 is 2.09 bits per heavy atom. The molecule has 2 N–H and O–H groups in total. The summed E-state index contributed by atoms with van der Waals surface area (Å²) in [5, 5.41) is 24.8. The molecule has 2 aromatic rings. The van der Waals surface area contributed by atoms with Crippen LogP contribution in [0.1, 0.15) is 12.5 Å². The Balaban J connectivity index is 2.24. The lowest BCUT2D eigenvalue weighted by molar-refractivity contribution is -0.386. The van der Waals surface area contributed by atoms with Gasteiger partial charge in [-0.05, 0) is 25.1 Å². The van der Waals surface area contributed by atoms with Gasteiger partial charge >= 0.3 is 5.69 Å². The summed E-state index contributed by atoms with van der Waals surface area (Å²) in [5.74, 6) is -0.433. The van der Waals surface area contributed by atoms with Crippen LogP contribution < -0.4 is 10.2 Å². The first kappa shape index (κ1) is 15.3. The van der Waals surface area contributed by atoms with Gasteiger partial charge < -0.3 is 9.84 Å². The minimum Gasteiger partial charge on any atom is -0.500 e. The Morgan fingerprint density at radius 1 is 1.36 bits per heavy atom. The number of aromatic hydroxyl groups is 1. The molecule has 0 aromatic heterocycles. The molecular formula is C15H15N3O4. The molecule has 22 heavy (non-hydrogen) atoms. The van der Waals surface area contributed by atoms with Crippen molar-refractivity contribution in [1.82, 2.24) is 0 Å². The van der Waals surface area contributed by atoms with Crippen LogP contribution in [0.5, 0.6) is 11.5 Å². The third-order valence-corrected chi connectivity index (χ3v) is 2.75. The average molecular weight is 301 g/mol. The van der Waals surface area contributed by atoms with Crippen molar-refractivity contribution in [2.24, 2.45) is 5.10 Å². The molecule has 0 aliphatic heterocycles. The first-order chi connectivity index (χ1) is 10.6. The number of nitro groups is 1. The van der Waals surface area contributed by atoms with Crippen molar-refractivity contribution in [3.05, 3.63) is 58.1 Å². The number of nitrogens with one attached hydrogen (secondary N) is 1. The van der Waals surface area contributed by atoms with E-state index < -0.39 is 16.4 Å². The molecule has 0 atom stereocenters. The fraction of sp³-hybridized carbons (Fsp3) is 0.133. The molecule has 0 radical (unpaired) electrons. The van der Waals surface area contributed by atoms with Gasteiger partial charge in [0.1, 0.15) is 0 Å². The number of benzene rings is 2. The molecule has 0 aliphatic rings. The van der Waals surface area contributed by atoms with Crippen LogP contribution in [0.25, 0.3) is 0 Å². The van der Waals surface area contributed by atoms with Crippen molar-refractivity contribution in [3.63, 3.8) is 0 Å². The summed E-state index contributed by atoms with van der Waals surface area (Å²) in [5.41, 5.74) is 3.61. The standard InChI is InChI=1S/C15H15N3O4/c1-2-22-14-9-11(8-13(15(14)19)18(20)21)10-16-17-12-6-4-3-5-7-12/h3-10,17,19H,2H2,1H3. The molecule has 7 heteroatoms. The van der Waals surface area contributed by atoms with Gasteiger partial charge in [0.15, 0.2) is 5.75 Å². The Bertz CT molecular complexity index is 687. The Hall–Kier alpha value is -3.09. The second-order valence-electron chi connectivity index (χ2n) is 4.31. The molecule has 0 saturated heterocycles. The third kappa shape index (κ3) is 3.72. The highest BCUT2D eigenvalue weighted by Crippen LogP contribution is 2.36. The van der Waals surface area contributed by atoms with E-state index in [1.807, 2.05) is 30.3 Å². The third-order valence-electron chi connectivity index (χ3n) is 2.75. The zero-order valence-corrected chi connectivity index (χ0v) is 11.9. The Morgan fingerprint density at radius 3 is 2.73 bits per heavy atom. The molecule has 0 spiro atoms. The monoisotopic (exact) mass is 301 g/mol. The van der Waals surface area contributed by atoms with Crippen molar-refractivity contribution >= 4 is 17.6 Å². The van der Waals surface area contributed by atoms with Gasteiger partial charge in [0.25, 0.3) is 0 Å². The SMILES string of the molecule is CCOc1cc(C=NNc2ccccc2)cc([N+](=O)[O-])c1O. The first-order valence-electron chi connectivity index (χ1n) is 6.60. The topological polar surface area (TPSA) is 97.0 Å². The maximum Gasteiger partial charge on any atom is 0.315 e. The van der Waals surface area contributed by atoms with Crippen LogP contribution in [0.4, 0.5) is 11.4 Å². The van der Waals surface area contributed by atoms with Gasteiger partial charge in [0.2, 0.25) is 5.75 Å². The maximum absolute atomic E-state index is 11.0. The molecule has 0 saturated carbocycles. The van der Waals surface area contributed by atoms with Crippen LogP contribution >= 0.6 is 0 Å². The van der Waals surface area contributed by atoms with E-state index in [9.17, 15) is 15.2 Å². The van der Waals surface area contributed by atoms with Gasteiger partial charge in [0, 0.05) is 11.6 Å². The number of hydrogen-bond donors (Lipinski definition) is 2. The summed E-state index contributed by atoms with van der Waals surface area (Å²) >= 11 is 0. The molecular weight excluding hydrogens is 286 g/mol. The molecule has 0 fully saturated rings. The van der Waals surface area contributed by atoms with Gasteiger partial charge in [-0.3, -0.25) is 15.5 Å². The molecule has 0 aliphatic carbocycles. The summed E-state index contributed by atoms with van der Waals surface area (Å²) in [6, 6.07) is 12.0. The van der Waals surface area contributed by atoms with E-state index in [1.54, 1.807) is 6.92 Å². The van der Waals surface area contributed by atoms with Crippen molar-refractivity contribution in [3.8, 4) is 11.5 Å². The van der Waals surface area contributed by atoms with E-state index in [0.717, 1.165) is 5.69 Å². The van der Waals surface area contributed by atoms with E-state index in [4.69, 9.17) is 4.74 Å². The molecule has 0 amide bonds. The number of hydrogen-bond acceptors (Lipinski definition) is 6. The maximum atomic E-state index is 11.0. The van der Waals surface area contributed by atoms with Crippen molar-refractivity contribution in [2.75, 3.05) is 12.0 Å².